The molecule has 20 heavy (non-hydrogen) atoms. The molecule has 1 amide bonds. The Kier molecular flexibility index (Phi) is 4.95. The highest BCUT2D eigenvalue weighted by molar-refractivity contribution is 5.96. The van der Waals surface area contributed by atoms with Crippen molar-refractivity contribution >= 4 is 11.6 Å². The van der Waals surface area contributed by atoms with E-state index in [2.05, 4.69) is 4.98 Å². The Labute approximate surface area is 119 Å². The minimum Gasteiger partial charge on any atom is -0.397 e. The van der Waals surface area contributed by atoms with Gasteiger partial charge in [-0.1, -0.05) is 19.3 Å². The van der Waals surface area contributed by atoms with Gasteiger partial charge in [-0.3, -0.25) is 9.78 Å². The standard InChI is InChI=1S/C15H23N3O2/c1-11-14(9-12(16)10-17-11)15(20)18(7-8-19)13-5-3-2-4-6-13/h9-10,13,19H,2-8,16H2,1H3. The van der Waals surface area contributed by atoms with Crippen LogP contribution < -0.4 is 5.73 Å². The van der Waals surface area contributed by atoms with Gasteiger partial charge in [0.2, 0.25) is 0 Å². The predicted molar refractivity (Wildman–Crippen MR) is 78.4 cm³/mol. The zero-order chi connectivity index (χ0) is 14.5. The molecule has 5 nitrogen and oxygen atoms in total. The Morgan fingerprint density at radius 2 is 2.15 bits per heavy atom. The Morgan fingerprint density at radius 1 is 1.45 bits per heavy atom. The fourth-order valence-corrected chi connectivity index (χ4v) is 2.87. The number of hydrogen-bond acceptors (Lipinski definition) is 4. The van der Waals surface area contributed by atoms with Crippen LogP contribution in [-0.4, -0.2) is 40.1 Å². The molecule has 5 heteroatoms. The molecule has 0 saturated heterocycles. The maximum Gasteiger partial charge on any atom is 0.256 e. The van der Waals surface area contributed by atoms with E-state index in [4.69, 9.17) is 5.73 Å². The number of carbonyl (C=O) groups is 1. The number of rotatable bonds is 4. The fraction of sp³-hybridized carbons (Fsp3) is 0.600. The van der Waals surface area contributed by atoms with Crippen LogP contribution in [-0.2, 0) is 0 Å². The summed E-state index contributed by atoms with van der Waals surface area (Å²) in [6.45, 7) is 2.17. The molecule has 1 aliphatic rings. The third kappa shape index (κ3) is 3.28. The maximum atomic E-state index is 12.7. The lowest BCUT2D eigenvalue weighted by Crippen LogP contribution is -2.43. The van der Waals surface area contributed by atoms with E-state index >= 15 is 0 Å². The van der Waals surface area contributed by atoms with Gasteiger partial charge >= 0.3 is 0 Å². The van der Waals surface area contributed by atoms with Crippen LogP contribution in [0.25, 0.3) is 0 Å². The monoisotopic (exact) mass is 277 g/mol. The number of amides is 1. The molecule has 1 heterocycles. The van der Waals surface area contributed by atoms with E-state index in [1.165, 1.54) is 6.42 Å². The Hall–Kier alpha value is -1.62. The largest absolute Gasteiger partial charge is 0.397 e. The molecule has 2 rings (SSSR count). The molecule has 0 spiro atoms. The van der Waals surface area contributed by atoms with Gasteiger partial charge in [-0.05, 0) is 25.8 Å². The second-order valence-corrected chi connectivity index (χ2v) is 5.42. The Morgan fingerprint density at radius 3 is 2.80 bits per heavy atom. The number of nitrogen functional groups attached to an aromatic ring is 1. The summed E-state index contributed by atoms with van der Waals surface area (Å²) in [7, 11) is 0. The quantitative estimate of drug-likeness (QED) is 0.878. The molecular weight excluding hydrogens is 254 g/mol. The number of aliphatic hydroxyl groups excluding tert-OH is 1. The molecular formula is C15H23N3O2. The predicted octanol–water partition coefficient (Wildman–Crippen LogP) is 1.74. The highest BCUT2D eigenvalue weighted by Gasteiger charge is 2.27. The number of hydrogen-bond donors (Lipinski definition) is 2. The fourth-order valence-electron chi connectivity index (χ4n) is 2.87. The van der Waals surface area contributed by atoms with Crippen LogP contribution in [0.3, 0.4) is 0 Å². The molecule has 0 aromatic carbocycles. The number of nitrogens with two attached hydrogens (primary N) is 1. The average Bonchev–Trinajstić information content (AvgIpc) is 2.47. The molecule has 110 valence electrons. The molecule has 1 aliphatic carbocycles. The first kappa shape index (κ1) is 14.8. The third-order valence-corrected chi connectivity index (χ3v) is 3.96. The van der Waals surface area contributed by atoms with Gasteiger partial charge < -0.3 is 15.7 Å². The molecule has 0 radical (unpaired) electrons. The second-order valence-electron chi connectivity index (χ2n) is 5.42. The zero-order valence-corrected chi connectivity index (χ0v) is 12.0. The highest BCUT2D eigenvalue weighted by Crippen LogP contribution is 2.24. The van der Waals surface area contributed by atoms with Gasteiger partial charge in [0.1, 0.15) is 0 Å². The Balaban J connectivity index is 2.23. The van der Waals surface area contributed by atoms with Crippen LogP contribution in [0.15, 0.2) is 12.3 Å². The van der Waals surface area contributed by atoms with Gasteiger partial charge in [0.15, 0.2) is 0 Å². The summed E-state index contributed by atoms with van der Waals surface area (Å²) in [6.07, 6.45) is 7.11. The molecule has 0 unspecified atom stereocenters. The van der Waals surface area contributed by atoms with E-state index in [1.54, 1.807) is 17.2 Å². The van der Waals surface area contributed by atoms with E-state index in [0.29, 0.717) is 23.5 Å². The van der Waals surface area contributed by atoms with Gasteiger partial charge in [0, 0.05) is 12.6 Å². The van der Waals surface area contributed by atoms with Crippen LogP contribution in [0.4, 0.5) is 5.69 Å². The van der Waals surface area contributed by atoms with Crippen molar-refractivity contribution < 1.29 is 9.90 Å². The first-order chi connectivity index (χ1) is 9.63. The second kappa shape index (κ2) is 6.70. The minimum absolute atomic E-state index is 0.0168. The van der Waals surface area contributed by atoms with Gasteiger partial charge in [0.05, 0.1) is 29.7 Å². The van der Waals surface area contributed by atoms with E-state index in [-0.39, 0.29) is 18.6 Å². The summed E-state index contributed by atoms with van der Waals surface area (Å²) in [5.74, 6) is -0.0664. The van der Waals surface area contributed by atoms with E-state index in [1.807, 2.05) is 6.92 Å². The molecule has 0 atom stereocenters. The molecule has 1 saturated carbocycles. The van der Waals surface area contributed by atoms with Crippen molar-refractivity contribution in [3.05, 3.63) is 23.5 Å². The summed E-state index contributed by atoms with van der Waals surface area (Å²) in [6, 6.07) is 1.90. The molecule has 3 N–H and O–H groups in total. The van der Waals surface area contributed by atoms with E-state index in [0.717, 1.165) is 25.7 Å². The van der Waals surface area contributed by atoms with Crippen molar-refractivity contribution in [2.45, 2.75) is 45.1 Å². The number of carbonyl (C=O) groups excluding carboxylic acids is 1. The van der Waals surface area contributed by atoms with Crippen molar-refractivity contribution in [2.24, 2.45) is 0 Å². The summed E-state index contributed by atoms with van der Waals surface area (Å²) in [5.41, 5.74) is 7.46. The zero-order valence-electron chi connectivity index (χ0n) is 12.0. The first-order valence-electron chi connectivity index (χ1n) is 7.27. The van der Waals surface area contributed by atoms with Crippen LogP contribution in [0.1, 0.15) is 48.2 Å². The Bertz CT molecular complexity index is 470. The number of aromatic nitrogens is 1. The van der Waals surface area contributed by atoms with E-state index in [9.17, 15) is 9.90 Å². The number of pyridine rings is 1. The summed E-state index contributed by atoms with van der Waals surface area (Å²) in [5, 5.41) is 9.25. The summed E-state index contributed by atoms with van der Waals surface area (Å²) < 4.78 is 0. The molecule has 1 fully saturated rings. The highest BCUT2D eigenvalue weighted by atomic mass is 16.3. The summed E-state index contributed by atoms with van der Waals surface area (Å²) in [4.78, 5) is 18.7. The van der Waals surface area contributed by atoms with Crippen molar-refractivity contribution in [3.63, 3.8) is 0 Å². The number of anilines is 1. The molecule has 0 aliphatic heterocycles. The third-order valence-electron chi connectivity index (χ3n) is 3.96. The lowest BCUT2D eigenvalue weighted by Gasteiger charge is -2.34. The average molecular weight is 277 g/mol. The number of aliphatic hydroxyl groups is 1. The smallest absolute Gasteiger partial charge is 0.256 e. The van der Waals surface area contributed by atoms with Gasteiger partial charge in [-0.15, -0.1) is 0 Å². The number of aryl methyl sites for hydroxylation is 1. The minimum atomic E-state index is -0.0664. The molecule has 0 bridgehead atoms. The number of nitrogens with zero attached hydrogens (tertiary/aromatic N) is 2. The van der Waals surface area contributed by atoms with Crippen LogP contribution in [0.2, 0.25) is 0 Å². The van der Waals surface area contributed by atoms with Crippen LogP contribution in [0.5, 0.6) is 0 Å². The summed E-state index contributed by atoms with van der Waals surface area (Å²) >= 11 is 0. The lowest BCUT2D eigenvalue weighted by molar-refractivity contribution is 0.0584. The van der Waals surface area contributed by atoms with Crippen LogP contribution in [0, 0.1) is 6.92 Å². The van der Waals surface area contributed by atoms with Gasteiger partial charge in [0.25, 0.3) is 5.91 Å². The van der Waals surface area contributed by atoms with Crippen LogP contribution >= 0.6 is 0 Å². The van der Waals surface area contributed by atoms with Crippen molar-refractivity contribution in [1.82, 2.24) is 9.88 Å². The van der Waals surface area contributed by atoms with Gasteiger partial charge in [-0.25, -0.2) is 0 Å². The lowest BCUT2D eigenvalue weighted by atomic mass is 9.93. The van der Waals surface area contributed by atoms with Crippen molar-refractivity contribution in [1.29, 1.82) is 0 Å². The molecule has 1 aromatic heterocycles. The normalized spacial score (nSPS) is 16.1. The first-order valence-corrected chi connectivity index (χ1v) is 7.27. The maximum absolute atomic E-state index is 12.7. The SMILES string of the molecule is Cc1ncc(N)cc1C(=O)N(CCO)C1CCCCC1. The topological polar surface area (TPSA) is 79.5 Å². The van der Waals surface area contributed by atoms with Crippen molar-refractivity contribution in [2.75, 3.05) is 18.9 Å². The molecule has 1 aromatic rings. The van der Waals surface area contributed by atoms with Gasteiger partial charge in [-0.2, -0.15) is 0 Å². The van der Waals surface area contributed by atoms with Crippen molar-refractivity contribution in [3.8, 4) is 0 Å². The van der Waals surface area contributed by atoms with E-state index < -0.39 is 0 Å².